The maximum absolute atomic E-state index is 13.0. The van der Waals surface area contributed by atoms with E-state index in [-0.39, 0.29) is 5.91 Å². The summed E-state index contributed by atoms with van der Waals surface area (Å²) in [6.45, 7) is 6.44. The molecule has 3 heterocycles. The Hall–Kier alpha value is -3.68. The highest BCUT2D eigenvalue weighted by Gasteiger charge is 2.15. The topological polar surface area (TPSA) is 68.1 Å². The number of benzene rings is 2. The normalized spacial score (nSPS) is 14.3. The molecule has 1 amide bonds. The minimum absolute atomic E-state index is 0.164. The van der Waals surface area contributed by atoms with E-state index in [1.54, 1.807) is 12.1 Å². The third-order valence-corrected chi connectivity index (χ3v) is 5.89. The number of anilines is 1. The van der Waals surface area contributed by atoms with Crippen LogP contribution < -0.4 is 10.1 Å². The van der Waals surface area contributed by atoms with E-state index < -0.39 is 0 Å². The lowest BCUT2D eigenvalue weighted by molar-refractivity contribution is 0.0342. The first-order valence-electron chi connectivity index (χ1n) is 11.5. The molecule has 174 valence electrons. The molecule has 0 saturated carbocycles. The van der Waals surface area contributed by atoms with Gasteiger partial charge in [-0.15, -0.1) is 0 Å². The third-order valence-electron chi connectivity index (χ3n) is 5.89. The number of morpholine rings is 1. The Morgan fingerprint density at radius 1 is 1.06 bits per heavy atom. The Kier molecular flexibility index (Phi) is 6.56. The van der Waals surface area contributed by atoms with Gasteiger partial charge in [0.1, 0.15) is 18.0 Å². The van der Waals surface area contributed by atoms with Crippen molar-refractivity contribution in [3.05, 3.63) is 95.4 Å². The summed E-state index contributed by atoms with van der Waals surface area (Å²) in [6, 6.07) is 19.2. The molecule has 2 aromatic carbocycles. The van der Waals surface area contributed by atoms with Crippen molar-refractivity contribution in [3.8, 4) is 5.75 Å². The van der Waals surface area contributed by atoms with Gasteiger partial charge in [-0.25, -0.2) is 4.98 Å². The van der Waals surface area contributed by atoms with Crippen LogP contribution in [0.25, 0.3) is 5.65 Å². The lowest BCUT2D eigenvalue weighted by Gasteiger charge is -2.27. The molecule has 7 heteroatoms. The number of fused-ring (bicyclic) bond motifs is 1. The first-order chi connectivity index (χ1) is 16.6. The van der Waals surface area contributed by atoms with Crippen molar-refractivity contribution in [3.63, 3.8) is 0 Å². The van der Waals surface area contributed by atoms with Gasteiger partial charge in [-0.05, 0) is 48.4 Å². The number of amides is 1. The van der Waals surface area contributed by atoms with E-state index >= 15 is 0 Å². The van der Waals surface area contributed by atoms with Crippen LogP contribution in [0.15, 0.2) is 73.1 Å². The molecule has 0 atom stereocenters. The molecule has 1 aliphatic rings. The third kappa shape index (κ3) is 5.27. The maximum atomic E-state index is 13.0. The molecule has 0 aliphatic carbocycles. The number of carbonyl (C=O) groups is 1. The van der Waals surface area contributed by atoms with E-state index in [9.17, 15) is 4.79 Å². The predicted molar refractivity (Wildman–Crippen MR) is 131 cm³/mol. The zero-order valence-electron chi connectivity index (χ0n) is 19.2. The molecule has 1 fully saturated rings. The van der Waals surface area contributed by atoms with Crippen molar-refractivity contribution in [1.29, 1.82) is 0 Å². The number of nitrogens with zero attached hydrogens (tertiary/aromatic N) is 3. The van der Waals surface area contributed by atoms with Crippen molar-refractivity contribution in [1.82, 2.24) is 14.3 Å². The van der Waals surface area contributed by atoms with Crippen LogP contribution in [0, 0.1) is 6.92 Å². The van der Waals surface area contributed by atoms with Gasteiger partial charge in [-0.1, -0.05) is 30.3 Å². The number of ether oxygens (including phenoxy) is 2. The Morgan fingerprint density at radius 3 is 2.79 bits per heavy atom. The minimum Gasteiger partial charge on any atom is -0.487 e. The first-order valence-corrected chi connectivity index (χ1v) is 11.5. The fourth-order valence-corrected chi connectivity index (χ4v) is 4.08. The van der Waals surface area contributed by atoms with Crippen molar-refractivity contribution in [2.45, 2.75) is 20.1 Å². The van der Waals surface area contributed by atoms with E-state index in [1.807, 2.05) is 66.2 Å². The maximum Gasteiger partial charge on any atom is 0.255 e. The summed E-state index contributed by atoms with van der Waals surface area (Å²) < 4.78 is 13.4. The van der Waals surface area contributed by atoms with Crippen LogP contribution in [-0.2, 0) is 17.9 Å². The summed E-state index contributed by atoms with van der Waals surface area (Å²) in [5.41, 5.74) is 5.34. The van der Waals surface area contributed by atoms with Gasteiger partial charge >= 0.3 is 0 Å². The summed E-state index contributed by atoms with van der Waals surface area (Å²) in [6.07, 6.45) is 4.00. The summed E-state index contributed by atoms with van der Waals surface area (Å²) >= 11 is 0. The summed E-state index contributed by atoms with van der Waals surface area (Å²) in [5, 5.41) is 3.07. The molecule has 2 aromatic heterocycles. The second-order valence-corrected chi connectivity index (χ2v) is 8.52. The minimum atomic E-state index is -0.164. The Labute approximate surface area is 198 Å². The second-order valence-electron chi connectivity index (χ2n) is 8.52. The van der Waals surface area contributed by atoms with Crippen molar-refractivity contribution in [2.24, 2.45) is 0 Å². The number of aryl methyl sites for hydroxylation is 1. The average Bonchev–Trinajstić information content (AvgIpc) is 3.27. The first kappa shape index (κ1) is 22.1. The molecule has 1 aliphatic heterocycles. The highest BCUT2D eigenvalue weighted by molar-refractivity contribution is 6.04. The number of aromatic nitrogens is 2. The lowest BCUT2D eigenvalue weighted by atomic mass is 10.1. The van der Waals surface area contributed by atoms with Gasteiger partial charge in [0.05, 0.1) is 18.9 Å². The molecule has 0 spiro atoms. The van der Waals surface area contributed by atoms with Crippen LogP contribution in [0.3, 0.4) is 0 Å². The predicted octanol–water partition coefficient (Wildman–Crippen LogP) is 4.31. The number of imidazole rings is 1. The molecular formula is C27H28N4O3. The van der Waals surface area contributed by atoms with Crippen LogP contribution in [0.4, 0.5) is 5.69 Å². The molecule has 7 nitrogen and oxygen atoms in total. The number of hydrogen-bond donors (Lipinski definition) is 1. The number of pyridine rings is 1. The van der Waals surface area contributed by atoms with E-state index in [4.69, 9.17) is 9.47 Å². The van der Waals surface area contributed by atoms with E-state index in [1.165, 1.54) is 5.56 Å². The van der Waals surface area contributed by atoms with E-state index in [0.717, 1.165) is 55.4 Å². The highest BCUT2D eigenvalue weighted by Crippen LogP contribution is 2.21. The smallest absolute Gasteiger partial charge is 0.255 e. The SMILES string of the molecule is Cc1ccc2nc(COc3cccc(C(=O)Nc4ccccc4CN4CCOCC4)c3)cn2c1. The molecule has 0 bridgehead atoms. The molecule has 0 unspecified atom stereocenters. The van der Waals surface area contributed by atoms with Gasteiger partial charge in [-0.3, -0.25) is 9.69 Å². The quantitative estimate of drug-likeness (QED) is 0.449. The van der Waals surface area contributed by atoms with Crippen molar-refractivity contribution < 1.29 is 14.3 Å². The molecule has 1 saturated heterocycles. The van der Waals surface area contributed by atoms with Crippen LogP contribution in [0.5, 0.6) is 5.75 Å². The molecule has 34 heavy (non-hydrogen) atoms. The molecule has 5 rings (SSSR count). The molecular weight excluding hydrogens is 428 g/mol. The van der Waals surface area contributed by atoms with E-state index in [0.29, 0.717) is 17.9 Å². The van der Waals surface area contributed by atoms with Crippen LogP contribution in [-0.4, -0.2) is 46.5 Å². The van der Waals surface area contributed by atoms with Gasteiger partial charge in [0.2, 0.25) is 0 Å². The number of para-hydroxylation sites is 1. The van der Waals surface area contributed by atoms with Gasteiger partial charge < -0.3 is 19.2 Å². The van der Waals surface area contributed by atoms with E-state index in [2.05, 4.69) is 21.3 Å². The fraction of sp³-hybridized carbons (Fsp3) is 0.259. The number of hydrogen-bond acceptors (Lipinski definition) is 5. The van der Waals surface area contributed by atoms with Gasteiger partial charge in [0.15, 0.2) is 0 Å². The summed E-state index contributed by atoms with van der Waals surface area (Å²) in [5.74, 6) is 0.463. The molecule has 1 N–H and O–H groups in total. The van der Waals surface area contributed by atoms with Crippen LogP contribution >= 0.6 is 0 Å². The lowest BCUT2D eigenvalue weighted by Crippen LogP contribution is -2.35. The average molecular weight is 457 g/mol. The zero-order valence-corrected chi connectivity index (χ0v) is 19.2. The Morgan fingerprint density at radius 2 is 1.91 bits per heavy atom. The van der Waals surface area contributed by atoms with Crippen LogP contribution in [0.2, 0.25) is 0 Å². The van der Waals surface area contributed by atoms with Crippen molar-refractivity contribution >= 4 is 17.2 Å². The monoisotopic (exact) mass is 456 g/mol. The largest absolute Gasteiger partial charge is 0.487 e. The summed E-state index contributed by atoms with van der Waals surface area (Å²) in [7, 11) is 0. The molecule has 4 aromatic rings. The second kappa shape index (κ2) is 10.1. The number of carbonyl (C=O) groups excluding carboxylic acids is 1. The summed E-state index contributed by atoms with van der Waals surface area (Å²) in [4.78, 5) is 19.9. The number of rotatable bonds is 7. The number of nitrogens with one attached hydrogen (secondary N) is 1. The zero-order chi connectivity index (χ0) is 23.3. The Bertz CT molecular complexity index is 1290. The van der Waals surface area contributed by atoms with Gasteiger partial charge in [-0.2, -0.15) is 0 Å². The fourth-order valence-electron chi connectivity index (χ4n) is 4.08. The van der Waals surface area contributed by atoms with Gasteiger partial charge in [0, 0.05) is 43.3 Å². The van der Waals surface area contributed by atoms with Crippen molar-refractivity contribution in [2.75, 3.05) is 31.6 Å². The van der Waals surface area contributed by atoms with Crippen LogP contribution in [0.1, 0.15) is 27.2 Å². The highest BCUT2D eigenvalue weighted by atomic mass is 16.5. The standard InChI is InChI=1S/C27H28N4O3/c1-20-9-10-26-28-23(18-31(26)16-20)19-34-24-7-4-6-21(15-24)27(32)29-25-8-3-2-5-22(25)17-30-11-13-33-14-12-30/h2-10,15-16,18H,11-14,17,19H2,1H3,(H,29,32). The Balaban J connectivity index is 1.24. The van der Waals surface area contributed by atoms with Gasteiger partial charge in [0.25, 0.3) is 5.91 Å². The molecule has 0 radical (unpaired) electrons.